The Morgan fingerprint density at radius 3 is 1.77 bits per heavy atom. The predicted octanol–water partition coefficient (Wildman–Crippen LogP) is 3.51. The molecule has 1 nitrogen and oxygen atoms in total. The molecule has 1 heteroatoms. The third-order valence-electron chi connectivity index (χ3n) is 2.47. The summed E-state index contributed by atoms with van der Waals surface area (Å²) in [6.07, 6.45) is 11.9. The fraction of sp³-hybridized carbons (Fsp3) is 0.583. The summed E-state index contributed by atoms with van der Waals surface area (Å²) in [6, 6.07) is 0. The molecule has 0 aliphatic heterocycles. The van der Waals surface area contributed by atoms with Gasteiger partial charge in [-0.15, -0.1) is 0 Å². The zero-order valence-corrected chi connectivity index (χ0v) is 8.92. The van der Waals surface area contributed by atoms with Gasteiger partial charge in [0.05, 0.1) is 0 Å². The molecule has 0 atom stereocenters. The molecule has 0 aromatic heterocycles. The second-order valence-corrected chi connectivity index (χ2v) is 3.38. The van der Waals surface area contributed by atoms with Crippen LogP contribution in [0, 0.1) is 5.41 Å². The lowest BCUT2D eigenvalue weighted by Gasteiger charge is -2.23. The van der Waals surface area contributed by atoms with Gasteiger partial charge in [-0.1, -0.05) is 31.2 Å². The first-order valence-corrected chi connectivity index (χ1v) is 4.93. The summed E-state index contributed by atoms with van der Waals surface area (Å²) in [5, 5.41) is 0. The van der Waals surface area contributed by atoms with Gasteiger partial charge in [0.2, 0.25) is 0 Å². The molecule has 0 fully saturated rings. The Morgan fingerprint density at radius 2 is 1.54 bits per heavy atom. The van der Waals surface area contributed by atoms with E-state index >= 15 is 0 Å². The molecule has 0 aromatic rings. The predicted molar refractivity (Wildman–Crippen MR) is 57.7 cm³/mol. The maximum absolute atomic E-state index is 11.0. The number of carbonyl (C=O) groups is 1. The van der Waals surface area contributed by atoms with E-state index in [2.05, 4.69) is 19.1 Å². The van der Waals surface area contributed by atoms with Crippen molar-refractivity contribution in [1.29, 1.82) is 0 Å². The minimum absolute atomic E-state index is 0.168. The van der Waals surface area contributed by atoms with Gasteiger partial charge in [-0.2, -0.15) is 0 Å². The van der Waals surface area contributed by atoms with Crippen LogP contribution in [-0.4, -0.2) is 6.29 Å². The lowest BCUT2D eigenvalue weighted by atomic mass is 9.80. The molecular weight excluding hydrogens is 160 g/mol. The quantitative estimate of drug-likeness (QED) is 0.451. The highest BCUT2D eigenvalue weighted by atomic mass is 16.1. The van der Waals surface area contributed by atoms with E-state index in [1.54, 1.807) is 0 Å². The molecule has 0 heterocycles. The third kappa shape index (κ3) is 4.07. The fourth-order valence-corrected chi connectivity index (χ4v) is 1.26. The zero-order chi connectivity index (χ0) is 10.2. The first-order chi connectivity index (χ1) is 6.24. The molecule has 0 saturated heterocycles. The molecule has 0 amide bonds. The maximum atomic E-state index is 11.0. The molecule has 0 aromatic carbocycles. The van der Waals surface area contributed by atoms with Gasteiger partial charge in [0.1, 0.15) is 6.29 Å². The largest absolute Gasteiger partial charge is 0.303 e. The van der Waals surface area contributed by atoms with E-state index in [1.165, 1.54) is 0 Å². The summed E-state index contributed by atoms with van der Waals surface area (Å²) in [5.41, 5.74) is -0.168. The average Bonchev–Trinajstić information content (AvgIpc) is 2.20. The molecule has 0 spiro atoms. The molecule has 0 bridgehead atoms. The molecular formula is C12H20O. The summed E-state index contributed by atoms with van der Waals surface area (Å²) in [4.78, 5) is 11.0. The SMILES string of the molecule is C/C=C/CC(C=O)(CC)C/C=C/C. The Bertz CT molecular complexity index is 175. The normalized spacial score (nSPS) is 12.8. The first kappa shape index (κ1) is 12.2. The number of allylic oxidation sites excluding steroid dienone is 4. The van der Waals surface area contributed by atoms with E-state index < -0.39 is 0 Å². The topological polar surface area (TPSA) is 17.1 Å². The van der Waals surface area contributed by atoms with Crippen molar-refractivity contribution >= 4 is 6.29 Å². The summed E-state index contributed by atoms with van der Waals surface area (Å²) >= 11 is 0. The summed E-state index contributed by atoms with van der Waals surface area (Å²) in [6.45, 7) is 6.04. The van der Waals surface area contributed by atoms with Crippen LogP contribution in [0.1, 0.15) is 40.0 Å². The number of hydrogen-bond donors (Lipinski definition) is 0. The van der Waals surface area contributed by atoms with E-state index in [-0.39, 0.29) is 5.41 Å². The minimum atomic E-state index is -0.168. The number of aldehydes is 1. The van der Waals surface area contributed by atoms with Crippen LogP contribution in [0.2, 0.25) is 0 Å². The van der Waals surface area contributed by atoms with Crippen molar-refractivity contribution in [2.75, 3.05) is 0 Å². The Kier molecular flexibility index (Phi) is 6.21. The van der Waals surface area contributed by atoms with Crippen LogP contribution in [0.4, 0.5) is 0 Å². The molecule has 0 radical (unpaired) electrons. The molecule has 74 valence electrons. The lowest BCUT2D eigenvalue weighted by molar-refractivity contribution is -0.116. The molecule has 0 rings (SSSR count). The van der Waals surface area contributed by atoms with Crippen LogP contribution in [0.5, 0.6) is 0 Å². The van der Waals surface area contributed by atoms with Crippen molar-refractivity contribution in [2.24, 2.45) is 5.41 Å². The Hall–Kier alpha value is -0.850. The van der Waals surface area contributed by atoms with Crippen LogP contribution in [0.25, 0.3) is 0 Å². The van der Waals surface area contributed by atoms with Crippen molar-refractivity contribution in [3.05, 3.63) is 24.3 Å². The van der Waals surface area contributed by atoms with Crippen molar-refractivity contribution in [2.45, 2.75) is 40.0 Å². The molecule has 0 saturated carbocycles. The van der Waals surface area contributed by atoms with Gasteiger partial charge in [0, 0.05) is 5.41 Å². The molecule has 0 unspecified atom stereocenters. The summed E-state index contributed by atoms with van der Waals surface area (Å²) in [7, 11) is 0. The van der Waals surface area contributed by atoms with E-state index in [0.29, 0.717) is 0 Å². The van der Waals surface area contributed by atoms with Crippen molar-refractivity contribution < 1.29 is 4.79 Å². The zero-order valence-electron chi connectivity index (χ0n) is 8.92. The van der Waals surface area contributed by atoms with E-state index in [9.17, 15) is 4.79 Å². The van der Waals surface area contributed by atoms with Gasteiger partial charge < -0.3 is 4.79 Å². The van der Waals surface area contributed by atoms with Crippen LogP contribution in [0.3, 0.4) is 0 Å². The second kappa shape index (κ2) is 6.64. The second-order valence-electron chi connectivity index (χ2n) is 3.38. The Balaban J connectivity index is 4.38. The molecule has 0 aliphatic carbocycles. The minimum Gasteiger partial charge on any atom is -0.303 e. The van der Waals surface area contributed by atoms with Crippen LogP contribution < -0.4 is 0 Å². The van der Waals surface area contributed by atoms with E-state index in [0.717, 1.165) is 25.5 Å². The highest BCUT2D eigenvalue weighted by Crippen LogP contribution is 2.29. The first-order valence-electron chi connectivity index (χ1n) is 4.93. The highest BCUT2D eigenvalue weighted by Gasteiger charge is 2.24. The molecule has 0 N–H and O–H groups in total. The van der Waals surface area contributed by atoms with Gasteiger partial charge in [-0.25, -0.2) is 0 Å². The fourth-order valence-electron chi connectivity index (χ4n) is 1.26. The van der Waals surface area contributed by atoms with Gasteiger partial charge >= 0.3 is 0 Å². The Morgan fingerprint density at radius 1 is 1.08 bits per heavy atom. The third-order valence-corrected chi connectivity index (χ3v) is 2.47. The van der Waals surface area contributed by atoms with Gasteiger partial charge in [-0.3, -0.25) is 0 Å². The van der Waals surface area contributed by atoms with E-state index in [4.69, 9.17) is 0 Å². The van der Waals surface area contributed by atoms with Crippen LogP contribution in [-0.2, 0) is 4.79 Å². The smallest absolute Gasteiger partial charge is 0.126 e. The average molecular weight is 180 g/mol. The van der Waals surface area contributed by atoms with Gasteiger partial charge in [-0.05, 0) is 33.1 Å². The van der Waals surface area contributed by atoms with Gasteiger partial charge in [0.15, 0.2) is 0 Å². The maximum Gasteiger partial charge on any atom is 0.126 e. The number of hydrogen-bond acceptors (Lipinski definition) is 1. The van der Waals surface area contributed by atoms with Crippen LogP contribution >= 0.6 is 0 Å². The molecule has 13 heavy (non-hydrogen) atoms. The van der Waals surface area contributed by atoms with E-state index in [1.807, 2.05) is 26.0 Å². The number of rotatable bonds is 6. The summed E-state index contributed by atoms with van der Waals surface area (Å²) in [5.74, 6) is 0. The van der Waals surface area contributed by atoms with Crippen molar-refractivity contribution in [1.82, 2.24) is 0 Å². The lowest BCUT2D eigenvalue weighted by Crippen LogP contribution is -2.19. The summed E-state index contributed by atoms with van der Waals surface area (Å²) < 4.78 is 0. The highest BCUT2D eigenvalue weighted by molar-refractivity contribution is 5.60. The van der Waals surface area contributed by atoms with Gasteiger partial charge in [0.25, 0.3) is 0 Å². The Labute approximate surface area is 81.5 Å². The number of carbonyl (C=O) groups excluding carboxylic acids is 1. The monoisotopic (exact) mass is 180 g/mol. The van der Waals surface area contributed by atoms with Crippen molar-refractivity contribution in [3.63, 3.8) is 0 Å². The van der Waals surface area contributed by atoms with Crippen molar-refractivity contribution in [3.8, 4) is 0 Å². The van der Waals surface area contributed by atoms with Crippen LogP contribution in [0.15, 0.2) is 24.3 Å². The molecule has 0 aliphatic rings. The standard InChI is InChI=1S/C12H20O/c1-4-7-9-12(6-3,11-13)10-8-5-2/h4-5,7-8,11H,6,9-10H2,1-3H3/b7-4+,8-5+.